The highest BCUT2D eigenvalue weighted by Gasteiger charge is 2.41. The molecule has 1 aliphatic rings. The van der Waals surface area contributed by atoms with Crippen LogP contribution in [-0.2, 0) is 5.41 Å². The lowest BCUT2D eigenvalue weighted by Crippen LogP contribution is -2.49. The SMILES string of the molecule is CN(C)CC1(c2ccc(Cl)cc2)CCCCC1O. The van der Waals surface area contributed by atoms with Gasteiger partial charge in [-0.25, -0.2) is 0 Å². The molecule has 2 rings (SSSR count). The third-order valence-corrected chi connectivity index (χ3v) is 4.26. The molecule has 0 amide bonds. The summed E-state index contributed by atoms with van der Waals surface area (Å²) < 4.78 is 0. The van der Waals surface area contributed by atoms with Crippen LogP contribution in [0.5, 0.6) is 0 Å². The van der Waals surface area contributed by atoms with E-state index in [-0.39, 0.29) is 11.5 Å². The van der Waals surface area contributed by atoms with Crippen LogP contribution in [0, 0.1) is 0 Å². The van der Waals surface area contributed by atoms with E-state index in [1.807, 2.05) is 12.1 Å². The third-order valence-electron chi connectivity index (χ3n) is 4.01. The molecule has 100 valence electrons. The molecule has 0 aromatic heterocycles. The summed E-state index contributed by atoms with van der Waals surface area (Å²) in [5.74, 6) is 0. The maximum atomic E-state index is 10.5. The van der Waals surface area contributed by atoms with E-state index in [0.717, 1.165) is 30.8 Å². The molecule has 1 aromatic carbocycles. The van der Waals surface area contributed by atoms with Gasteiger partial charge in [-0.1, -0.05) is 36.6 Å². The zero-order valence-electron chi connectivity index (χ0n) is 11.2. The van der Waals surface area contributed by atoms with E-state index in [4.69, 9.17) is 11.6 Å². The molecule has 0 spiro atoms. The molecule has 1 aromatic rings. The highest BCUT2D eigenvalue weighted by Crippen LogP contribution is 2.40. The van der Waals surface area contributed by atoms with Crippen LogP contribution < -0.4 is 0 Å². The van der Waals surface area contributed by atoms with Gasteiger partial charge in [-0.15, -0.1) is 0 Å². The summed E-state index contributed by atoms with van der Waals surface area (Å²) in [4.78, 5) is 2.17. The summed E-state index contributed by atoms with van der Waals surface area (Å²) in [6.45, 7) is 0.885. The van der Waals surface area contributed by atoms with Gasteiger partial charge in [-0.3, -0.25) is 0 Å². The predicted molar refractivity (Wildman–Crippen MR) is 76.2 cm³/mol. The van der Waals surface area contributed by atoms with Crippen LogP contribution >= 0.6 is 11.6 Å². The van der Waals surface area contributed by atoms with Crippen LogP contribution in [0.15, 0.2) is 24.3 Å². The van der Waals surface area contributed by atoms with Crippen molar-refractivity contribution < 1.29 is 5.11 Å². The molecule has 1 fully saturated rings. The summed E-state index contributed by atoms with van der Waals surface area (Å²) in [6, 6.07) is 7.99. The minimum atomic E-state index is -0.255. The first-order chi connectivity index (χ1) is 8.54. The van der Waals surface area contributed by atoms with Gasteiger partial charge < -0.3 is 10.0 Å². The average molecular weight is 268 g/mol. The Bertz CT molecular complexity index is 390. The largest absolute Gasteiger partial charge is 0.392 e. The summed E-state index contributed by atoms with van der Waals surface area (Å²) in [5, 5.41) is 11.3. The summed E-state index contributed by atoms with van der Waals surface area (Å²) in [5.41, 5.74) is 1.08. The topological polar surface area (TPSA) is 23.5 Å². The zero-order valence-corrected chi connectivity index (χ0v) is 12.0. The number of likely N-dealkylation sites (N-methyl/N-ethyl adjacent to an activating group) is 1. The molecule has 2 nitrogen and oxygen atoms in total. The Hall–Kier alpha value is -0.570. The van der Waals surface area contributed by atoms with Crippen molar-refractivity contribution in [3.63, 3.8) is 0 Å². The number of halogens is 1. The first kappa shape index (κ1) is 13.9. The Kier molecular flexibility index (Phi) is 4.31. The number of nitrogens with zero attached hydrogens (tertiary/aromatic N) is 1. The van der Waals surface area contributed by atoms with Gasteiger partial charge in [0.05, 0.1) is 6.10 Å². The minimum Gasteiger partial charge on any atom is -0.392 e. The van der Waals surface area contributed by atoms with Crippen LogP contribution in [-0.4, -0.2) is 36.8 Å². The number of aliphatic hydroxyl groups excluding tert-OH is 1. The van der Waals surface area contributed by atoms with Gasteiger partial charge in [-0.2, -0.15) is 0 Å². The van der Waals surface area contributed by atoms with Gasteiger partial charge >= 0.3 is 0 Å². The minimum absolute atomic E-state index is 0.133. The predicted octanol–water partition coefficient (Wildman–Crippen LogP) is 3.07. The van der Waals surface area contributed by atoms with E-state index in [9.17, 15) is 5.11 Å². The molecule has 0 saturated heterocycles. The van der Waals surface area contributed by atoms with Crippen molar-refractivity contribution in [3.05, 3.63) is 34.9 Å². The first-order valence-corrected chi connectivity index (χ1v) is 7.01. The van der Waals surface area contributed by atoms with Crippen molar-refractivity contribution >= 4 is 11.6 Å². The van der Waals surface area contributed by atoms with Crippen molar-refractivity contribution in [3.8, 4) is 0 Å². The monoisotopic (exact) mass is 267 g/mol. The molecule has 2 unspecified atom stereocenters. The van der Waals surface area contributed by atoms with E-state index in [0.29, 0.717) is 0 Å². The smallest absolute Gasteiger partial charge is 0.0649 e. The first-order valence-electron chi connectivity index (χ1n) is 6.63. The lowest BCUT2D eigenvalue weighted by atomic mass is 9.67. The normalized spacial score (nSPS) is 28.6. The van der Waals surface area contributed by atoms with Gasteiger partial charge in [0.2, 0.25) is 0 Å². The van der Waals surface area contributed by atoms with Crippen LogP contribution in [0.4, 0.5) is 0 Å². The fourth-order valence-electron chi connectivity index (χ4n) is 3.18. The van der Waals surface area contributed by atoms with Crippen LogP contribution in [0.1, 0.15) is 31.2 Å². The van der Waals surface area contributed by atoms with Crippen LogP contribution in [0.25, 0.3) is 0 Å². The van der Waals surface area contributed by atoms with E-state index in [1.54, 1.807) is 0 Å². The van der Waals surface area contributed by atoms with Gasteiger partial charge in [0.1, 0.15) is 0 Å². The van der Waals surface area contributed by atoms with Gasteiger partial charge in [0, 0.05) is 17.0 Å². The number of rotatable bonds is 3. The summed E-state index contributed by atoms with van der Waals surface area (Å²) in [7, 11) is 4.14. The lowest BCUT2D eigenvalue weighted by Gasteiger charge is -2.43. The van der Waals surface area contributed by atoms with Crippen molar-refractivity contribution in [1.82, 2.24) is 4.90 Å². The molecule has 1 aliphatic carbocycles. The number of aliphatic hydroxyl groups is 1. The van der Waals surface area contributed by atoms with Crippen molar-refractivity contribution in [2.45, 2.75) is 37.2 Å². The molecular weight excluding hydrogens is 246 g/mol. The Morgan fingerprint density at radius 1 is 1.28 bits per heavy atom. The molecule has 0 aliphatic heterocycles. The lowest BCUT2D eigenvalue weighted by molar-refractivity contribution is 0.0264. The standard InChI is InChI=1S/C15H22ClNO/c1-17(2)11-15(10-4-3-5-14(15)18)12-6-8-13(16)9-7-12/h6-9,14,18H,3-5,10-11H2,1-2H3. The fraction of sp³-hybridized carbons (Fsp3) is 0.600. The van der Waals surface area contributed by atoms with E-state index in [2.05, 4.69) is 31.1 Å². The molecule has 0 heterocycles. The molecular formula is C15H22ClNO. The molecule has 1 N–H and O–H groups in total. The quantitative estimate of drug-likeness (QED) is 0.910. The fourth-order valence-corrected chi connectivity index (χ4v) is 3.31. The molecule has 3 heteroatoms. The van der Waals surface area contributed by atoms with Crippen LogP contribution in [0.2, 0.25) is 5.02 Å². The van der Waals surface area contributed by atoms with Gasteiger partial charge in [0.15, 0.2) is 0 Å². The number of hydrogen-bond acceptors (Lipinski definition) is 2. The Morgan fingerprint density at radius 3 is 2.50 bits per heavy atom. The Balaban J connectivity index is 2.37. The van der Waals surface area contributed by atoms with Gasteiger partial charge in [0.25, 0.3) is 0 Å². The third kappa shape index (κ3) is 2.71. The molecule has 2 atom stereocenters. The Morgan fingerprint density at radius 2 is 1.94 bits per heavy atom. The maximum absolute atomic E-state index is 10.5. The van der Waals surface area contributed by atoms with Crippen molar-refractivity contribution in [2.24, 2.45) is 0 Å². The summed E-state index contributed by atoms with van der Waals surface area (Å²) in [6.07, 6.45) is 4.01. The summed E-state index contributed by atoms with van der Waals surface area (Å²) >= 11 is 5.97. The Labute approximate surface area is 115 Å². The van der Waals surface area contributed by atoms with E-state index in [1.165, 1.54) is 12.0 Å². The molecule has 18 heavy (non-hydrogen) atoms. The molecule has 1 saturated carbocycles. The maximum Gasteiger partial charge on any atom is 0.0649 e. The van der Waals surface area contributed by atoms with E-state index >= 15 is 0 Å². The number of hydrogen-bond donors (Lipinski definition) is 1. The second-order valence-corrected chi connectivity index (χ2v) is 6.10. The van der Waals surface area contributed by atoms with Gasteiger partial charge in [-0.05, 0) is 44.6 Å². The second kappa shape index (κ2) is 5.60. The molecule has 0 bridgehead atoms. The molecule has 0 radical (unpaired) electrons. The zero-order chi connectivity index (χ0) is 13.2. The second-order valence-electron chi connectivity index (χ2n) is 5.66. The van der Waals surface area contributed by atoms with Crippen molar-refractivity contribution in [1.29, 1.82) is 0 Å². The highest BCUT2D eigenvalue weighted by atomic mass is 35.5. The number of benzene rings is 1. The average Bonchev–Trinajstić information content (AvgIpc) is 2.32. The van der Waals surface area contributed by atoms with Crippen molar-refractivity contribution in [2.75, 3.05) is 20.6 Å². The highest BCUT2D eigenvalue weighted by molar-refractivity contribution is 6.30. The van der Waals surface area contributed by atoms with Crippen LogP contribution in [0.3, 0.4) is 0 Å². The van der Waals surface area contributed by atoms with E-state index < -0.39 is 0 Å².